The van der Waals surface area contributed by atoms with Crippen molar-refractivity contribution in [2.75, 3.05) is 5.43 Å². The van der Waals surface area contributed by atoms with Gasteiger partial charge < -0.3 is 0 Å². The van der Waals surface area contributed by atoms with Crippen LogP contribution in [0.2, 0.25) is 0 Å². The summed E-state index contributed by atoms with van der Waals surface area (Å²) in [4.78, 5) is 20.7. The predicted molar refractivity (Wildman–Crippen MR) is 90.0 cm³/mol. The molecule has 0 unspecified atom stereocenters. The molecule has 0 heterocycles. The number of nitro benzene ring substituents is 2. The van der Waals surface area contributed by atoms with Gasteiger partial charge in [0.25, 0.3) is 5.69 Å². The number of benzene rings is 1. The molecule has 0 saturated heterocycles. The Hall–Kier alpha value is -2.51. The van der Waals surface area contributed by atoms with E-state index in [-0.39, 0.29) is 27.9 Å². The number of hydrogen-bond acceptors (Lipinski definition) is 6. The van der Waals surface area contributed by atoms with Gasteiger partial charge >= 0.3 is 5.69 Å². The van der Waals surface area contributed by atoms with Crippen LogP contribution in [0.15, 0.2) is 23.3 Å². The van der Waals surface area contributed by atoms with E-state index < -0.39 is 9.85 Å². The first-order valence-corrected chi connectivity index (χ1v) is 7.91. The normalized spacial score (nSPS) is 29.0. The van der Waals surface area contributed by atoms with Gasteiger partial charge in [-0.15, -0.1) is 0 Å². The quantitative estimate of drug-likeness (QED) is 0.658. The van der Waals surface area contributed by atoms with Crippen LogP contribution >= 0.6 is 0 Å². The minimum Gasteiger partial charge on any atom is -0.272 e. The van der Waals surface area contributed by atoms with E-state index in [0.29, 0.717) is 5.92 Å². The molecule has 128 valence electrons. The summed E-state index contributed by atoms with van der Waals surface area (Å²) < 4.78 is 0. The van der Waals surface area contributed by atoms with E-state index in [4.69, 9.17) is 0 Å². The molecular weight excluding hydrogens is 312 g/mol. The van der Waals surface area contributed by atoms with Crippen LogP contribution in [0.5, 0.6) is 0 Å². The maximum Gasteiger partial charge on any atom is 0.301 e. The lowest BCUT2D eigenvalue weighted by Crippen LogP contribution is -2.26. The predicted octanol–water partition coefficient (Wildman–Crippen LogP) is 4.12. The molecule has 3 rings (SSSR count). The highest BCUT2D eigenvalue weighted by molar-refractivity contribution is 5.92. The van der Waals surface area contributed by atoms with E-state index in [1.54, 1.807) is 0 Å². The van der Waals surface area contributed by atoms with Crippen LogP contribution < -0.4 is 5.43 Å². The first-order chi connectivity index (χ1) is 11.2. The molecule has 2 bridgehead atoms. The minimum absolute atomic E-state index is 0.162. The van der Waals surface area contributed by atoms with E-state index in [9.17, 15) is 20.2 Å². The number of hydrogen-bond donors (Lipinski definition) is 1. The van der Waals surface area contributed by atoms with Gasteiger partial charge in [0.1, 0.15) is 5.69 Å². The zero-order chi connectivity index (χ0) is 17.7. The topological polar surface area (TPSA) is 111 Å². The lowest BCUT2D eigenvalue weighted by Gasteiger charge is -2.33. The smallest absolute Gasteiger partial charge is 0.272 e. The molecule has 0 aromatic heterocycles. The Kier molecular flexibility index (Phi) is 3.58. The van der Waals surface area contributed by atoms with Gasteiger partial charge in [0.05, 0.1) is 15.9 Å². The van der Waals surface area contributed by atoms with Crippen LogP contribution in [-0.4, -0.2) is 15.6 Å². The highest BCUT2D eigenvalue weighted by Crippen LogP contribution is 2.64. The van der Waals surface area contributed by atoms with E-state index in [0.717, 1.165) is 24.6 Å². The van der Waals surface area contributed by atoms with Gasteiger partial charge in [-0.2, -0.15) is 5.10 Å². The van der Waals surface area contributed by atoms with Crippen molar-refractivity contribution in [2.45, 2.75) is 40.0 Å². The highest BCUT2D eigenvalue weighted by atomic mass is 16.6. The lowest BCUT2D eigenvalue weighted by molar-refractivity contribution is -0.393. The summed E-state index contributed by atoms with van der Waals surface area (Å²) in [7, 11) is 0. The Morgan fingerprint density at radius 2 is 1.92 bits per heavy atom. The second-order valence-electron chi connectivity index (χ2n) is 7.48. The van der Waals surface area contributed by atoms with Crippen LogP contribution in [0.4, 0.5) is 17.1 Å². The molecule has 0 radical (unpaired) electrons. The second-order valence-corrected chi connectivity index (χ2v) is 7.48. The first-order valence-electron chi connectivity index (χ1n) is 7.91. The Bertz CT molecular complexity index is 756. The monoisotopic (exact) mass is 332 g/mol. The summed E-state index contributed by atoms with van der Waals surface area (Å²) in [6, 6.07) is 3.52. The SMILES string of the molecule is CC1(C)[C@@H]2CC[C@@]1(C)C/C2=N/Nc1ccc([N+](=O)[O-])cc1[N+](=O)[O-]. The molecule has 0 amide bonds. The number of fused-ring (bicyclic) bond motifs is 2. The molecule has 2 aliphatic carbocycles. The maximum atomic E-state index is 11.2. The van der Waals surface area contributed by atoms with Crippen molar-refractivity contribution in [3.63, 3.8) is 0 Å². The van der Waals surface area contributed by atoms with E-state index >= 15 is 0 Å². The number of non-ortho nitro benzene ring substituents is 1. The molecule has 2 saturated carbocycles. The fourth-order valence-electron chi connectivity index (χ4n) is 4.12. The van der Waals surface area contributed by atoms with Crippen LogP contribution in [0.1, 0.15) is 40.0 Å². The molecule has 1 aromatic carbocycles. The molecule has 0 spiro atoms. The van der Waals surface area contributed by atoms with Gasteiger partial charge in [0.2, 0.25) is 0 Å². The molecule has 0 aliphatic heterocycles. The van der Waals surface area contributed by atoms with E-state index in [1.807, 2.05) is 0 Å². The third kappa shape index (κ3) is 2.33. The zero-order valence-electron chi connectivity index (χ0n) is 13.9. The van der Waals surface area contributed by atoms with Crippen LogP contribution in [0, 0.1) is 37.0 Å². The van der Waals surface area contributed by atoms with E-state index in [2.05, 4.69) is 31.3 Å². The van der Waals surface area contributed by atoms with Crippen LogP contribution in [0.25, 0.3) is 0 Å². The number of hydrazone groups is 1. The standard InChI is InChI=1S/C16H20N4O4/c1-15(2)11-6-7-16(15,3)9-13(11)18-17-12-5-4-10(19(21)22)8-14(12)20(23)24/h4-5,8,11,17H,6-7,9H2,1-3H3/b18-13-/t11-,16+/m1/s1. The molecule has 2 atom stereocenters. The Labute approximate surface area is 139 Å². The van der Waals surface area contributed by atoms with Gasteiger partial charge in [0.15, 0.2) is 0 Å². The van der Waals surface area contributed by atoms with Crippen molar-refractivity contribution in [2.24, 2.45) is 21.8 Å². The van der Waals surface area contributed by atoms with Gasteiger partial charge in [-0.05, 0) is 36.2 Å². The first kappa shape index (κ1) is 16.4. The molecule has 2 fully saturated rings. The van der Waals surface area contributed by atoms with Crippen LogP contribution in [-0.2, 0) is 0 Å². The molecule has 1 aromatic rings. The summed E-state index contributed by atoms with van der Waals surface area (Å²) in [5.41, 5.74) is 3.68. The zero-order valence-corrected chi connectivity index (χ0v) is 13.9. The third-order valence-corrected chi connectivity index (χ3v) is 6.09. The highest BCUT2D eigenvalue weighted by Gasteiger charge is 2.59. The second kappa shape index (κ2) is 5.25. The average molecular weight is 332 g/mol. The number of nitrogens with one attached hydrogen (secondary N) is 1. The molecule has 24 heavy (non-hydrogen) atoms. The lowest BCUT2D eigenvalue weighted by atomic mass is 9.71. The summed E-state index contributed by atoms with van der Waals surface area (Å²) in [5, 5.41) is 26.4. The number of nitrogens with zero attached hydrogens (tertiary/aromatic N) is 3. The van der Waals surface area contributed by atoms with Gasteiger partial charge in [-0.25, -0.2) is 0 Å². The Morgan fingerprint density at radius 1 is 1.21 bits per heavy atom. The summed E-state index contributed by atoms with van der Waals surface area (Å²) >= 11 is 0. The van der Waals surface area contributed by atoms with Gasteiger partial charge in [0, 0.05) is 17.7 Å². The van der Waals surface area contributed by atoms with Crippen molar-refractivity contribution < 1.29 is 9.85 Å². The molecule has 1 N–H and O–H groups in total. The average Bonchev–Trinajstić information content (AvgIpc) is 2.85. The van der Waals surface area contributed by atoms with Gasteiger partial charge in [-0.1, -0.05) is 20.8 Å². The fourth-order valence-corrected chi connectivity index (χ4v) is 4.12. The van der Waals surface area contributed by atoms with Crippen molar-refractivity contribution in [3.8, 4) is 0 Å². The Morgan fingerprint density at radius 3 is 2.42 bits per heavy atom. The molecule has 2 aliphatic rings. The van der Waals surface area contributed by atoms with Crippen molar-refractivity contribution in [1.82, 2.24) is 0 Å². The molecule has 8 heteroatoms. The summed E-state index contributed by atoms with van der Waals surface area (Å²) in [6.07, 6.45) is 3.12. The number of anilines is 1. The largest absolute Gasteiger partial charge is 0.301 e. The van der Waals surface area contributed by atoms with Crippen molar-refractivity contribution >= 4 is 22.8 Å². The summed E-state index contributed by atoms with van der Waals surface area (Å²) in [6.45, 7) is 6.77. The van der Waals surface area contributed by atoms with Crippen molar-refractivity contribution in [1.29, 1.82) is 0 Å². The van der Waals surface area contributed by atoms with Crippen molar-refractivity contribution in [3.05, 3.63) is 38.4 Å². The fraction of sp³-hybridized carbons (Fsp3) is 0.562. The molecular formula is C16H20N4O4. The summed E-state index contributed by atoms with van der Waals surface area (Å²) in [5.74, 6) is 0.368. The number of nitro groups is 2. The third-order valence-electron chi connectivity index (χ3n) is 6.09. The minimum atomic E-state index is -0.651. The van der Waals surface area contributed by atoms with Crippen LogP contribution in [0.3, 0.4) is 0 Å². The van der Waals surface area contributed by atoms with Gasteiger partial charge in [-0.3, -0.25) is 25.7 Å². The maximum absolute atomic E-state index is 11.2. The Balaban J connectivity index is 1.88. The molecule has 8 nitrogen and oxygen atoms in total. The number of rotatable bonds is 4. The van der Waals surface area contributed by atoms with E-state index in [1.165, 1.54) is 18.6 Å².